The van der Waals surface area contributed by atoms with E-state index in [9.17, 15) is 84.9 Å². The molecule has 0 spiro atoms. The number of anilines is 2. The summed E-state index contributed by atoms with van der Waals surface area (Å²) in [6, 6.07) is 1.97. The van der Waals surface area contributed by atoms with Gasteiger partial charge in [0.15, 0.2) is 23.1 Å². The van der Waals surface area contributed by atoms with Gasteiger partial charge in [-0.1, -0.05) is 0 Å². The van der Waals surface area contributed by atoms with Crippen LogP contribution in [0.2, 0.25) is 0 Å². The van der Waals surface area contributed by atoms with Gasteiger partial charge in [0.25, 0.3) is 11.8 Å². The summed E-state index contributed by atoms with van der Waals surface area (Å²) < 4.78 is 245. The second-order valence-corrected chi connectivity index (χ2v) is 24.2. The van der Waals surface area contributed by atoms with E-state index < -0.39 is 114 Å². The summed E-state index contributed by atoms with van der Waals surface area (Å²) in [5, 5.41) is 19.6. The van der Waals surface area contributed by atoms with Gasteiger partial charge in [-0.3, -0.25) is 14.2 Å². The normalized spacial score (nSPS) is 28.4. The molecule has 16 nitrogen and oxygen atoms in total. The fourth-order valence-corrected chi connectivity index (χ4v) is 12.6. The number of nitrogen functional groups attached to an aromatic ring is 2. The number of ether oxygens (including phenoxy) is 2. The molecular formula is C49H57BF17IN10O6. The molecule has 9 aliphatic rings. The molecule has 468 valence electrons. The maximum atomic E-state index is 13.5. The number of nitrogens with zero attached hydrogens (tertiary/aromatic N) is 8. The van der Waals surface area contributed by atoms with Crippen LogP contribution in [-0.2, 0) is 20.4 Å². The van der Waals surface area contributed by atoms with Crippen molar-refractivity contribution in [1.29, 1.82) is 0 Å². The third-order valence-corrected chi connectivity index (χ3v) is 17.4. The van der Waals surface area contributed by atoms with Crippen molar-refractivity contribution in [1.82, 2.24) is 38.9 Å². The quantitative estimate of drug-likeness (QED) is 0.0665. The SMILES string of the molecule is CC1(C)OB(c2cnc(N)c(OC(F)(F)F)c2)OC1(C)C.Nc1ncc(-c2cn(C34CC(N5CCC(F)(F)CC5)(C3)C4)c(C(O)C(F)(F)F)n2)cc1OC(F)(F)F.OC(c1nc(I)cn1C12CC(N3CCC(F)(F)CC3)(C1)C2)C(F)(F)F.[2H]CF. The van der Waals surface area contributed by atoms with Crippen LogP contribution in [0.1, 0.15) is 117 Å². The lowest BCUT2D eigenvalue weighted by Crippen LogP contribution is -2.79. The molecule has 2 atom stereocenters. The van der Waals surface area contributed by atoms with Gasteiger partial charge < -0.3 is 49.6 Å². The van der Waals surface area contributed by atoms with Gasteiger partial charge in [-0.25, -0.2) is 37.5 Å². The molecule has 3 saturated heterocycles. The topological polar surface area (TPSA) is 197 Å². The average molecular weight is 1340 g/mol. The van der Waals surface area contributed by atoms with Gasteiger partial charge in [0.05, 0.1) is 36.5 Å². The maximum absolute atomic E-state index is 13.5. The molecule has 6 N–H and O–H groups in total. The third-order valence-electron chi connectivity index (χ3n) is 16.9. The van der Waals surface area contributed by atoms with Gasteiger partial charge in [-0.15, -0.1) is 26.3 Å². The Morgan fingerprint density at radius 1 is 0.619 bits per heavy atom. The molecule has 9 fully saturated rings. The number of rotatable bonds is 10. The number of halogens is 18. The van der Waals surface area contributed by atoms with Crippen molar-refractivity contribution in [3.05, 3.63) is 52.3 Å². The summed E-state index contributed by atoms with van der Waals surface area (Å²) in [7, 11) is -1.83. The Labute approximate surface area is 483 Å². The predicted octanol–water partition coefficient (Wildman–Crippen LogP) is 10.3. The van der Waals surface area contributed by atoms with E-state index in [1.165, 1.54) is 27.7 Å². The van der Waals surface area contributed by atoms with Crippen LogP contribution in [0.15, 0.2) is 36.9 Å². The molecule has 6 saturated carbocycles. The van der Waals surface area contributed by atoms with Crippen LogP contribution in [0.5, 0.6) is 11.5 Å². The second kappa shape index (κ2) is 21.9. The lowest BCUT2D eigenvalue weighted by atomic mass is 9.43. The number of aromatic nitrogens is 6. The van der Waals surface area contributed by atoms with Gasteiger partial charge in [0, 0.05) is 98.8 Å². The van der Waals surface area contributed by atoms with Gasteiger partial charge in [0.1, 0.15) is 15.3 Å². The molecule has 6 aliphatic carbocycles. The first kappa shape index (κ1) is 63.8. The van der Waals surface area contributed by atoms with Crippen molar-refractivity contribution in [2.75, 3.05) is 44.8 Å². The first-order valence-electron chi connectivity index (χ1n) is 26.4. The van der Waals surface area contributed by atoms with E-state index in [1.807, 2.05) is 55.2 Å². The Hall–Kier alpha value is -4.72. The lowest BCUT2D eigenvalue weighted by molar-refractivity contribution is -0.275. The number of aliphatic hydroxyl groups is 2. The van der Waals surface area contributed by atoms with Crippen molar-refractivity contribution in [3.8, 4) is 22.8 Å². The maximum Gasteiger partial charge on any atom is 0.573 e. The van der Waals surface area contributed by atoms with Crippen LogP contribution in [0.4, 0.5) is 86.3 Å². The Kier molecular flexibility index (Phi) is 16.6. The van der Waals surface area contributed by atoms with Crippen LogP contribution in [-0.4, -0.2) is 149 Å². The summed E-state index contributed by atoms with van der Waals surface area (Å²) in [5.74, 6) is -8.80. The van der Waals surface area contributed by atoms with Crippen molar-refractivity contribution in [2.24, 2.45) is 0 Å². The number of piperidine rings is 2. The van der Waals surface area contributed by atoms with E-state index >= 15 is 0 Å². The van der Waals surface area contributed by atoms with E-state index in [1.54, 1.807) is 0 Å². The second-order valence-electron chi connectivity index (χ2n) is 23.1. The number of hydrogen-bond acceptors (Lipinski definition) is 14. The highest BCUT2D eigenvalue weighted by Gasteiger charge is 2.73. The lowest BCUT2D eigenvalue weighted by Gasteiger charge is -2.75. The van der Waals surface area contributed by atoms with Crippen LogP contribution >= 0.6 is 22.6 Å². The minimum absolute atomic E-state index is 0.0996. The molecule has 4 bridgehead atoms. The number of aliphatic hydroxyl groups excluding tert-OH is 2. The molecule has 4 aromatic rings. The van der Waals surface area contributed by atoms with Crippen LogP contribution < -0.4 is 26.4 Å². The van der Waals surface area contributed by atoms with E-state index in [0.29, 0.717) is 60.8 Å². The Bertz CT molecular complexity index is 3000. The number of hydrogen-bond donors (Lipinski definition) is 4. The van der Waals surface area contributed by atoms with E-state index in [0.717, 1.165) is 18.3 Å². The van der Waals surface area contributed by atoms with Crippen LogP contribution in [0.3, 0.4) is 0 Å². The molecule has 0 radical (unpaired) electrons. The molecule has 0 amide bonds. The number of alkyl halides is 17. The van der Waals surface area contributed by atoms with E-state index in [2.05, 4.69) is 34.3 Å². The van der Waals surface area contributed by atoms with Crippen molar-refractivity contribution >= 4 is 46.8 Å². The monoisotopic (exact) mass is 1340 g/mol. The van der Waals surface area contributed by atoms with E-state index in [-0.39, 0.29) is 67.2 Å². The molecular weight excluding hydrogens is 1290 g/mol. The molecule has 13 rings (SSSR count). The zero-order valence-corrected chi connectivity index (χ0v) is 47.0. The molecule has 0 aromatic carbocycles. The Morgan fingerprint density at radius 3 is 1.38 bits per heavy atom. The predicted molar refractivity (Wildman–Crippen MR) is 272 cm³/mol. The number of pyridine rings is 2. The largest absolute Gasteiger partial charge is 0.573 e. The first-order chi connectivity index (χ1) is 38.8. The number of likely N-dealkylation sites (tertiary alicyclic amines) is 2. The number of nitrogens with two attached hydrogens (primary N) is 2. The summed E-state index contributed by atoms with van der Waals surface area (Å²) in [4.78, 5) is 19.1. The zero-order valence-electron chi connectivity index (χ0n) is 45.9. The van der Waals surface area contributed by atoms with Crippen molar-refractivity contribution in [2.45, 2.75) is 174 Å². The molecule has 84 heavy (non-hydrogen) atoms. The third kappa shape index (κ3) is 13.0. The van der Waals surface area contributed by atoms with Crippen LogP contribution in [0.25, 0.3) is 11.3 Å². The molecule has 7 heterocycles. The minimum atomic E-state index is -5.08. The van der Waals surface area contributed by atoms with Gasteiger partial charge in [-0.2, -0.15) is 26.3 Å². The average Bonchev–Trinajstić information content (AvgIpc) is 1.44. The van der Waals surface area contributed by atoms with E-state index in [4.69, 9.17) is 22.1 Å². The summed E-state index contributed by atoms with van der Waals surface area (Å²) in [5.41, 5.74) is 7.76. The summed E-state index contributed by atoms with van der Waals surface area (Å²) >= 11 is 1.83. The minimum Gasteiger partial charge on any atom is -0.402 e. The smallest absolute Gasteiger partial charge is 0.402 e. The molecule has 3 aliphatic heterocycles. The standard InChI is InChI=1S/C21H21F8N5O2.C15H17F5IN3O.C12H16BF3N2O3.CH3F/c22-19(23)1-3-33(4-2-19)17-8-18(9-17,10-17)34-7-12(32-16(34)14(35)20(24,25)26)11-5-13(15(30)31-6-11)36-21(27,28)29;16-14(17)1-3-23(4-2-14)12-6-13(7-12,8-12)24-5-9(21)22-11(24)10(25)15(18,19)20;1-10(2)11(3,4)21-13(20-10)7-5-8(9(17)18-6-7)19-12(14,15)16;1-2/h5-7,14,35H,1-4,8-10H2,(H2,30,31);5,10,25H,1-4,6-8H2;5-6H,1-4H3,(H2,17,18);1H3/i;;;1D. The molecule has 35 heteroatoms. The highest BCUT2D eigenvalue weighted by molar-refractivity contribution is 14.1. The van der Waals surface area contributed by atoms with Gasteiger partial charge in [-0.05, 0) is 101 Å². The summed E-state index contributed by atoms with van der Waals surface area (Å²) in [6.07, 6.45) is -18.1. The number of imidazole rings is 2. The zero-order chi connectivity index (χ0) is 63.3. The van der Waals surface area contributed by atoms with Crippen molar-refractivity contribution in [3.63, 3.8) is 0 Å². The Morgan fingerprint density at radius 2 is 0.988 bits per heavy atom. The molecule has 2 unspecified atom stereocenters. The van der Waals surface area contributed by atoms with Gasteiger partial charge >= 0.3 is 32.2 Å². The first-order valence-corrected chi connectivity index (χ1v) is 26.7. The van der Waals surface area contributed by atoms with Crippen molar-refractivity contribution < 1.29 is 105 Å². The molecule has 4 aromatic heterocycles. The highest BCUT2D eigenvalue weighted by atomic mass is 127. The highest BCUT2D eigenvalue weighted by Crippen LogP contribution is 2.70. The summed E-state index contributed by atoms with van der Waals surface area (Å²) in [6.45, 7) is 8.35. The fourth-order valence-electron chi connectivity index (χ4n) is 12.1. The van der Waals surface area contributed by atoms with Crippen LogP contribution in [0, 0.1) is 3.70 Å². The van der Waals surface area contributed by atoms with Gasteiger partial charge in [0.2, 0.25) is 12.2 Å². The fraction of sp³-hybridized carbons (Fsp3) is 0.673. The Balaban J connectivity index is 0.000000169.